The van der Waals surface area contributed by atoms with E-state index in [2.05, 4.69) is 21.2 Å². The predicted octanol–water partition coefficient (Wildman–Crippen LogP) is 5.67. The minimum atomic E-state index is -0.476. The SMILES string of the molecule is Cc1ccccc1N1C(=O)c2ccccc2C1Nc1ccc(Br)cc1F. The van der Waals surface area contributed by atoms with Crippen molar-refractivity contribution in [3.05, 3.63) is 93.7 Å². The number of hydrogen-bond acceptors (Lipinski definition) is 2. The molecule has 0 fully saturated rings. The normalized spacial score (nSPS) is 15.9. The largest absolute Gasteiger partial charge is 0.359 e. The fourth-order valence-corrected chi connectivity index (χ4v) is 3.63. The van der Waals surface area contributed by atoms with E-state index in [1.54, 1.807) is 17.0 Å². The fourth-order valence-electron chi connectivity index (χ4n) is 3.29. The van der Waals surface area contributed by atoms with Gasteiger partial charge in [-0.05, 0) is 42.8 Å². The zero-order valence-corrected chi connectivity index (χ0v) is 15.6. The zero-order chi connectivity index (χ0) is 18.3. The lowest BCUT2D eigenvalue weighted by atomic mass is 10.1. The van der Waals surface area contributed by atoms with Crippen molar-refractivity contribution in [1.82, 2.24) is 0 Å². The number of amides is 1. The summed E-state index contributed by atoms with van der Waals surface area (Å²) in [7, 11) is 0. The standard InChI is InChI=1S/C21H16BrFN2O/c1-13-6-2-5-9-19(13)25-20(15-7-3-4-8-16(15)21(25)26)24-18-11-10-14(22)12-17(18)23/h2-12,20,24H,1H3. The van der Waals surface area contributed by atoms with Crippen molar-refractivity contribution in [2.75, 3.05) is 10.2 Å². The Morgan fingerprint density at radius 1 is 1.04 bits per heavy atom. The molecule has 3 aromatic carbocycles. The molecule has 1 aliphatic rings. The Labute approximate surface area is 159 Å². The molecule has 5 heteroatoms. The molecule has 0 aliphatic carbocycles. The first-order valence-corrected chi connectivity index (χ1v) is 9.05. The van der Waals surface area contributed by atoms with E-state index in [1.165, 1.54) is 6.07 Å². The first-order chi connectivity index (χ1) is 12.6. The molecule has 3 aromatic rings. The summed E-state index contributed by atoms with van der Waals surface area (Å²) in [5.74, 6) is -0.467. The molecule has 0 bridgehead atoms. The van der Waals surface area contributed by atoms with Crippen LogP contribution in [0.3, 0.4) is 0 Å². The number of carbonyl (C=O) groups is 1. The van der Waals surface area contributed by atoms with Crippen molar-refractivity contribution >= 4 is 33.2 Å². The summed E-state index contributed by atoms with van der Waals surface area (Å²) in [6, 6.07) is 20.0. The predicted molar refractivity (Wildman–Crippen MR) is 105 cm³/mol. The molecular formula is C21H16BrFN2O. The van der Waals surface area contributed by atoms with E-state index in [1.807, 2.05) is 55.5 Å². The summed E-state index contributed by atoms with van der Waals surface area (Å²) in [6.45, 7) is 1.96. The van der Waals surface area contributed by atoms with Gasteiger partial charge in [0.25, 0.3) is 5.91 Å². The Hall–Kier alpha value is -2.66. The van der Waals surface area contributed by atoms with E-state index in [9.17, 15) is 9.18 Å². The maximum Gasteiger partial charge on any atom is 0.260 e. The van der Waals surface area contributed by atoms with Gasteiger partial charge in [-0.1, -0.05) is 52.3 Å². The minimum Gasteiger partial charge on any atom is -0.359 e. The van der Waals surface area contributed by atoms with Crippen LogP contribution in [0, 0.1) is 12.7 Å². The van der Waals surface area contributed by atoms with E-state index in [0.717, 1.165) is 16.8 Å². The van der Waals surface area contributed by atoms with Gasteiger partial charge in [0, 0.05) is 21.3 Å². The molecule has 1 aliphatic heterocycles. The maximum atomic E-state index is 14.4. The number of para-hydroxylation sites is 1. The summed E-state index contributed by atoms with van der Waals surface area (Å²) in [5.41, 5.74) is 3.61. The number of hydrogen-bond donors (Lipinski definition) is 1. The van der Waals surface area contributed by atoms with E-state index < -0.39 is 6.17 Å². The van der Waals surface area contributed by atoms with Gasteiger partial charge in [0.05, 0.1) is 5.69 Å². The van der Waals surface area contributed by atoms with Crippen molar-refractivity contribution in [3.63, 3.8) is 0 Å². The second-order valence-corrected chi connectivity index (χ2v) is 7.14. The van der Waals surface area contributed by atoms with E-state index in [-0.39, 0.29) is 11.7 Å². The van der Waals surface area contributed by atoms with Crippen LogP contribution in [0.5, 0.6) is 0 Å². The van der Waals surface area contributed by atoms with Crippen LogP contribution in [0.25, 0.3) is 0 Å². The number of carbonyl (C=O) groups excluding carboxylic acids is 1. The second-order valence-electron chi connectivity index (χ2n) is 6.22. The molecule has 0 saturated heterocycles. The molecular weight excluding hydrogens is 395 g/mol. The number of benzene rings is 3. The third kappa shape index (κ3) is 2.78. The fraction of sp³-hybridized carbons (Fsp3) is 0.0952. The van der Waals surface area contributed by atoms with Crippen molar-refractivity contribution in [3.8, 4) is 0 Å². The third-order valence-electron chi connectivity index (χ3n) is 4.56. The van der Waals surface area contributed by atoms with Crippen LogP contribution in [-0.2, 0) is 0 Å². The van der Waals surface area contributed by atoms with Crippen molar-refractivity contribution < 1.29 is 9.18 Å². The number of nitrogens with one attached hydrogen (secondary N) is 1. The molecule has 4 rings (SSSR count). The monoisotopic (exact) mass is 410 g/mol. The quantitative estimate of drug-likeness (QED) is 0.603. The van der Waals surface area contributed by atoms with Gasteiger partial charge < -0.3 is 5.32 Å². The highest BCUT2D eigenvalue weighted by Crippen LogP contribution is 2.39. The van der Waals surface area contributed by atoms with Crippen LogP contribution >= 0.6 is 15.9 Å². The van der Waals surface area contributed by atoms with Crippen molar-refractivity contribution in [2.45, 2.75) is 13.1 Å². The van der Waals surface area contributed by atoms with Crippen molar-refractivity contribution in [1.29, 1.82) is 0 Å². The topological polar surface area (TPSA) is 32.3 Å². The van der Waals surface area contributed by atoms with Gasteiger partial charge in [0.15, 0.2) is 0 Å². The molecule has 0 spiro atoms. The van der Waals surface area contributed by atoms with Crippen molar-refractivity contribution in [2.24, 2.45) is 0 Å². The van der Waals surface area contributed by atoms with Gasteiger partial charge in [0.1, 0.15) is 12.0 Å². The molecule has 1 amide bonds. The van der Waals surface area contributed by atoms with Gasteiger partial charge in [-0.15, -0.1) is 0 Å². The van der Waals surface area contributed by atoms with Crippen LogP contribution in [0.2, 0.25) is 0 Å². The molecule has 1 heterocycles. The number of aryl methyl sites for hydroxylation is 1. The average molecular weight is 411 g/mol. The lowest BCUT2D eigenvalue weighted by molar-refractivity contribution is 0.0992. The maximum absolute atomic E-state index is 14.4. The van der Waals surface area contributed by atoms with Gasteiger partial charge in [-0.25, -0.2) is 4.39 Å². The third-order valence-corrected chi connectivity index (χ3v) is 5.05. The summed E-state index contributed by atoms with van der Waals surface area (Å²) >= 11 is 3.27. The Kier molecular flexibility index (Phi) is 4.24. The van der Waals surface area contributed by atoms with Crippen LogP contribution in [0.4, 0.5) is 15.8 Å². The molecule has 26 heavy (non-hydrogen) atoms. The number of halogens is 2. The molecule has 1 unspecified atom stereocenters. The Morgan fingerprint density at radius 2 is 1.77 bits per heavy atom. The number of fused-ring (bicyclic) bond motifs is 1. The Bertz CT molecular complexity index is 1000. The zero-order valence-electron chi connectivity index (χ0n) is 14.0. The minimum absolute atomic E-state index is 0.0927. The first-order valence-electron chi connectivity index (χ1n) is 8.26. The highest BCUT2D eigenvalue weighted by atomic mass is 79.9. The summed E-state index contributed by atoms with van der Waals surface area (Å²) < 4.78 is 15.1. The van der Waals surface area contributed by atoms with Crippen LogP contribution in [0.1, 0.15) is 27.7 Å². The van der Waals surface area contributed by atoms with E-state index >= 15 is 0 Å². The van der Waals surface area contributed by atoms with Crippen LogP contribution < -0.4 is 10.2 Å². The van der Waals surface area contributed by atoms with Gasteiger partial charge in [-0.2, -0.15) is 0 Å². The van der Waals surface area contributed by atoms with Crippen LogP contribution in [0.15, 0.2) is 71.2 Å². The highest BCUT2D eigenvalue weighted by molar-refractivity contribution is 9.10. The first kappa shape index (κ1) is 16.8. The molecule has 0 radical (unpaired) electrons. The Morgan fingerprint density at radius 3 is 2.54 bits per heavy atom. The molecule has 1 atom stereocenters. The molecule has 0 aromatic heterocycles. The highest BCUT2D eigenvalue weighted by Gasteiger charge is 2.38. The average Bonchev–Trinajstić information content (AvgIpc) is 2.90. The van der Waals surface area contributed by atoms with E-state index in [0.29, 0.717) is 15.7 Å². The number of anilines is 2. The molecule has 1 N–H and O–H groups in total. The number of nitrogens with zero attached hydrogens (tertiary/aromatic N) is 1. The number of rotatable bonds is 3. The van der Waals surface area contributed by atoms with Crippen LogP contribution in [-0.4, -0.2) is 5.91 Å². The smallest absolute Gasteiger partial charge is 0.260 e. The van der Waals surface area contributed by atoms with E-state index in [4.69, 9.17) is 0 Å². The second kappa shape index (κ2) is 6.57. The van der Waals surface area contributed by atoms with Gasteiger partial charge in [-0.3, -0.25) is 9.69 Å². The molecule has 130 valence electrons. The molecule has 3 nitrogen and oxygen atoms in total. The lowest BCUT2D eigenvalue weighted by Gasteiger charge is -2.28. The summed E-state index contributed by atoms with van der Waals surface area (Å²) in [4.78, 5) is 14.8. The summed E-state index contributed by atoms with van der Waals surface area (Å²) in [5, 5.41) is 3.21. The Balaban J connectivity index is 1.82. The molecule has 0 saturated carbocycles. The van der Waals surface area contributed by atoms with Gasteiger partial charge >= 0.3 is 0 Å². The lowest BCUT2D eigenvalue weighted by Crippen LogP contribution is -2.33. The summed E-state index contributed by atoms with van der Waals surface area (Å²) in [6.07, 6.45) is -0.476. The van der Waals surface area contributed by atoms with Gasteiger partial charge in [0.2, 0.25) is 0 Å².